The summed E-state index contributed by atoms with van der Waals surface area (Å²) in [6.07, 6.45) is 77.5. The molecule has 1 amide bonds. The van der Waals surface area contributed by atoms with E-state index >= 15 is 0 Å². The molecule has 0 heterocycles. The molecule has 0 bridgehead atoms. The van der Waals surface area contributed by atoms with Crippen LogP contribution >= 0.6 is 0 Å². The smallest absolute Gasteiger partial charge is 0.220 e. The van der Waals surface area contributed by atoms with Crippen LogP contribution in [0, 0.1) is 0 Å². The second-order valence-electron chi connectivity index (χ2n) is 17.9. The van der Waals surface area contributed by atoms with Gasteiger partial charge >= 0.3 is 0 Å². The number of aliphatic hydroxyl groups excluding tert-OH is 2. The van der Waals surface area contributed by atoms with Gasteiger partial charge in [0.15, 0.2) is 0 Å². The summed E-state index contributed by atoms with van der Waals surface area (Å²) < 4.78 is 0. The highest BCUT2D eigenvalue weighted by atomic mass is 16.3. The quantitative estimate of drug-likeness (QED) is 0.0422. The van der Waals surface area contributed by atoms with E-state index in [4.69, 9.17) is 0 Å². The zero-order valence-electron chi connectivity index (χ0n) is 41.1. The van der Waals surface area contributed by atoms with Gasteiger partial charge in [-0.1, -0.05) is 279 Å². The second-order valence-corrected chi connectivity index (χ2v) is 17.9. The van der Waals surface area contributed by atoms with Crippen LogP contribution in [0.4, 0.5) is 0 Å². The Kier molecular flexibility index (Phi) is 50.8. The number of hydrogen-bond donors (Lipinski definition) is 3. The van der Waals surface area contributed by atoms with Gasteiger partial charge in [-0.15, -0.1) is 0 Å². The number of rotatable bonds is 48. The third kappa shape index (κ3) is 48.6. The molecule has 62 heavy (non-hydrogen) atoms. The van der Waals surface area contributed by atoms with Crippen LogP contribution in [0.3, 0.4) is 0 Å². The van der Waals surface area contributed by atoms with Crippen LogP contribution in [0.15, 0.2) is 85.1 Å². The van der Waals surface area contributed by atoms with Crippen molar-refractivity contribution >= 4 is 5.91 Å². The van der Waals surface area contributed by atoms with Gasteiger partial charge in [0.1, 0.15) is 0 Å². The highest BCUT2D eigenvalue weighted by molar-refractivity contribution is 5.76. The molecule has 2 unspecified atom stereocenters. The Bertz CT molecular complexity index is 1110. The number of allylic oxidation sites excluding steroid dienone is 13. The zero-order valence-corrected chi connectivity index (χ0v) is 41.1. The van der Waals surface area contributed by atoms with Crippen LogP contribution in [0.5, 0.6) is 0 Å². The number of carbonyl (C=O) groups excluding carboxylic acids is 1. The van der Waals surface area contributed by atoms with Gasteiger partial charge in [-0.05, 0) is 57.8 Å². The van der Waals surface area contributed by atoms with Crippen molar-refractivity contribution in [1.29, 1.82) is 0 Å². The van der Waals surface area contributed by atoms with Gasteiger partial charge in [0.2, 0.25) is 5.91 Å². The van der Waals surface area contributed by atoms with Crippen LogP contribution in [0.1, 0.15) is 258 Å². The summed E-state index contributed by atoms with van der Waals surface area (Å²) in [7, 11) is 0. The molecule has 0 aliphatic rings. The Morgan fingerprint density at radius 2 is 0.710 bits per heavy atom. The van der Waals surface area contributed by atoms with Crippen LogP contribution in [0.2, 0.25) is 0 Å². The summed E-state index contributed by atoms with van der Waals surface area (Å²) in [5, 5.41) is 23.1. The summed E-state index contributed by atoms with van der Waals surface area (Å²) in [6, 6.07) is -0.669. The topological polar surface area (TPSA) is 69.6 Å². The minimum Gasteiger partial charge on any atom is -0.394 e. The van der Waals surface area contributed by atoms with Crippen molar-refractivity contribution in [2.45, 2.75) is 270 Å². The lowest BCUT2D eigenvalue weighted by Gasteiger charge is -2.19. The zero-order chi connectivity index (χ0) is 44.9. The fourth-order valence-corrected chi connectivity index (χ4v) is 7.85. The molecule has 2 atom stereocenters. The largest absolute Gasteiger partial charge is 0.394 e. The van der Waals surface area contributed by atoms with Crippen molar-refractivity contribution in [2.75, 3.05) is 6.61 Å². The predicted octanol–water partition coefficient (Wildman–Crippen LogP) is 17.6. The SMILES string of the molecule is CC/C=C\C/C=C\C/C=C\C/C=C\C/C=C\C/C=C\CCC(=O)NC(CO)C(O)/C=C/CCCCCCCCCCCCCCCCCCCCCCCCCCCCCCC. The molecule has 4 heteroatoms. The van der Waals surface area contributed by atoms with Crippen molar-refractivity contribution in [3.63, 3.8) is 0 Å². The molecule has 0 saturated carbocycles. The van der Waals surface area contributed by atoms with Crippen molar-refractivity contribution in [2.24, 2.45) is 0 Å². The van der Waals surface area contributed by atoms with Gasteiger partial charge in [0.05, 0.1) is 18.8 Å². The average molecular weight is 862 g/mol. The average Bonchev–Trinajstić information content (AvgIpc) is 3.28. The van der Waals surface area contributed by atoms with E-state index in [1.54, 1.807) is 6.08 Å². The molecule has 4 nitrogen and oxygen atoms in total. The minimum absolute atomic E-state index is 0.146. The second kappa shape index (κ2) is 52.9. The highest BCUT2D eigenvalue weighted by Crippen LogP contribution is 2.17. The summed E-state index contributed by atoms with van der Waals surface area (Å²) >= 11 is 0. The molecule has 0 aliphatic heterocycles. The maximum absolute atomic E-state index is 12.4. The first-order chi connectivity index (χ1) is 30.7. The molecule has 0 aliphatic carbocycles. The fraction of sp³-hybridized carbons (Fsp3) is 0.741. The normalized spacial score (nSPS) is 13.5. The van der Waals surface area contributed by atoms with E-state index in [0.29, 0.717) is 12.8 Å². The third-order valence-corrected chi connectivity index (χ3v) is 11.9. The molecule has 0 saturated heterocycles. The van der Waals surface area contributed by atoms with E-state index in [-0.39, 0.29) is 12.5 Å². The van der Waals surface area contributed by atoms with Crippen LogP contribution in [-0.2, 0) is 4.79 Å². The lowest BCUT2D eigenvalue weighted by Crippen LogP contribution is -2.45. The minimum atomic E-state index is -0.876. The van der Waals surface area contributed by atoms with E-state index < -0.39 is 12.1 Å². The summed E-state index contributed by atoms with van der Waals surface area (Å²) in [6.45, 7) is 4.17. The lowest BCUT2D eigenvalue weighted by atomic mass is 10.0. The van der Waals surface area contributed by atoms with E-state index in [1.165, 1.54) is 180 Å². The number of carbonyl (C=O) groups is 1. The van der Waals surface area contributed by atoms with Gasteiger partial charge in [-0.2, -0.15) is 0 Å². The van der Waals surface area contributed by atoms with Gasteiger partial charge in [0, 0.05) is 6.42 Å². The van der Waals surface area contributed by atoms with Crippen molar-refractivity contribution < 1.29 is 15.0 Å². The van der Waals surface area contributed by atoms with Gasteiger partial charge in [-0.25, -0.2) is 0 Å². The summed E-state index contributed by atoms with van der Waals surface area (Å²) in [4.78, 5) is 12.4. The Labute approximate surface area is 386 Å². The number of unbranched alkanes of at least 4 members (excludes halogenated alkanes) is 29. The Morgan fingerprint density at radius 1 is 0.403 bits per heavy atom. The van der Waals surface area contributed by atoms with Crippen molar-refractivity contribution in [1.82, 2.24) is 5.32 Å². The third-order valence-electron chi connectivity index (χ3n) is 11.9. The molecular weight excluding hydrogens is 759 g/mol. The van der Waals surface area contributed by atoms with E-state index in [1.807, 2.05) is 12.2 Å². The Hall–Kier alpha value is -2.43. The number of nitrogens with one attached hydrogen (secondary N) is 1. The van der Waals surface area contributed by atoms with Gasteiger partial charge < -0.3 is 15.5 Å². The van der Waals surface area contributed by atoms with Gasteiger partial charge in [0.25, 0.3) is 0 Å². The molecule has 0 aromatic carbocycles. The highest BCUT2D eigenvalue weighted by Gasteiger charge is 2.17. The standard InChI is InChI=1S/C58H103NO3/c1-3-5-7-9-11-13-15-17-19-21-23-24-25-26-27-28-29-30-31-32-33-34-36-37-39-41-43-45-47-49-51-53-57(61)56(55-60)59-58(62)54-52-50-48-46-44-42-40-38-35-22-20-18-16-14-12-10-8-6-4-2/h6,8,12,14,18,20,35,38,42,44,48,50-51,53,56-57,60-61H,3-5,7,9-11,13,15-17,19,21-34,36-37,39-41,43,45-47,49,52,54-55H2,1-2H3,(H,59,62)/b8-6-,14-12-,20-18-,38-35-,44-42-,50-48-,53-51+. The molecule has 3 N–H and O–H groups in total. The maximum atomic E-state index is 12.4. The molecule has 358 valence electrons. The number of amides is 1. The molecule has 0 fully saturated rings. The predicted molar refractivity (Wildman–Crippen MR) is 276 cm³/mol. The maximum Gasteiger partial charge on any atom is 0.220 e. The van der Waals surface area contributed by atoms with Crippen molar-refractivity contribution in [3.05, 3.63) is 85.1 Å². The summed E-state index contributed by atoms with van der Waals surface area (Å²) in [5.74, 6) is -0.146. The van der Waals surface area contributed by atoms with E-state index in [0.717, 1.165) is 51.4 Å². The first-order valence-corrected chi connectivity index (χ1v) is 26.8. The first-order valence-electron chi connectivity index (χ1n) is 26.8. The Balaban J connectivity index is 3.57. The molecule has 0 spiro atoms. The fourth-order valence-electron chi connectivity index (χ4n) is 7.85. The Morgan fingerprint density at radius 3 is 1.03 bits per heavy atom. The molecule has 0 aromatic rings. The molecule has 0 rings (SSSR count). The number of aliphatic hydroxyl groups is 2. The number of hydrogen-bond acceptors (Lipinski definition) is 3. The lowest BCUT2D eigenvalue weighted by molar-refractivity contribution is -0.122. The van der Waals surface area contributed by atoms with Crippen LogP contribution in [0.25, 0.3) is 0 Å². The first kappa shape index (κ1) is 59.6. The van der Waals surface area contributed by atoms with E-state index in [9.17, 15) is 15.0 Å². The monoisotopic (exact) mass is 862 g/mol. The molecule has 0 radical (unpaired) electrons. The van der Waals surface area contributed by atoms with Crippen LogP contribution < -0.4 is 5.32 Å². The molecule has 0 aromatic heterocycles. The van der Waals surface area contributed by atoms with Crippen LogP contribution in [-0.4, -0.2) is 34.9 Å². The van der Waals surface area contributed by atoms with Gasteiger partial charge in [-0.3, -0.25) is 4.79 Å². The molecular formula is C58H103NO3. The summed E-state index contributed by atoms with van der Waals surface area (Å²) in [5.41, 5.74) is 0. The van der Waals surface area contributed by atoms with Crippen molar-refractivity contribution in [3.8, 4) is 0 Å². The van der Waals surface area contributed by atoms with E-state index in [2.05, 4.69) is 86.0 Å².